The molecule has 2 aromatic rings. The average molecular weight is 425 g/mol. The van der Waals surface area contributed by atoms with Crippen molar-refractivity contribution in [1.29, 1.82) is 0 Å². The summed E-state index contributed by atoms with van der Waals surface area (Å²) in [5.74, 6) is 2.06. The molecule has 1 aliphatic carbocycles. The van der Waals surface area contributed by atoms with E-state index in [9.17, 15) is 9.90 Å². The SMILES string of the molecule is Cc1noc(C)c1-c1ccc(N2CCCC3(CCN(C4CCC(O)CC4)C3=O)C2)nc1. The van der Waals surface area contributed by atoms with Gasteiger partial charge in [-0.2, -0.15) is 0 Å². The largest absolute Gasteiger partial charge is 0.393 e. The number of aliphatic hydroxyl groups is 1. The number of likely N-dealkylation sites (tertiary alicyclic amines) is 1. The van der Waals surface area contributed by atoms with Crippen molar-refractivity contribution in [2.45, 2.75) is 70.9 Å². The lowest BCUT2D eigenvalue weighted by molar-refractivity contribution is -0.139. The summed E-state index contributed by atoms with van der Waals surface area (Å²) in [4.78, 5) is 22.7. The molecule has 1 atom stereocenters. The molecule has 166 valence electrons. The molecule has 31 heavy (non-hydrogen) atoms. The fraction of sp³-hybridized carbons (Fsp3) is 0.625. The lowest BCUT2D eigenvalue weighted by atomic mass is 9.78. The van der Waals surface area contributed by atoms with E-state index in [4.69, 9.17) is 9.51 Å². The number of amides is 1. The first-order chi connectivity index (χ1) is 15.0. The van der Waals surface area contributed by atoms with Crippen molar-refractivity contribution >= 4 is 11.7 Å². The molecule has 1 amide bonds. The smallest absolute Gasteiger partial charge is 0.230 e. The zero-order valence-corrected chi connectivity index (χ0v) is 18.5. The van der Waals surface area contributed by atoms with Crippen LogP contribution in [0.15, 0.2) is 22.9 Å². The lowest BCUT2D eigenvalue weighted by Crippen LogP contribution is -2.50. The van der Waals surface area contributed by atoms with E-state index >= 15 is 0 Å². The Bertz CT molecular complexity index is 929. The highest BCUT2D eigenvalue weighted by atomic mass is 16.5. The van der Waals surface area contributed by atoms with Gasteiger partial charge in [0.25, 0.3) is 0 Å². The number of hydrogen-bond donors (Lipinski definition) is 1. The van der Waals surface area contributed by atoms with Gasteiger partial charge in [-0.1, -0.05) is 5.16 Å². The van der Waals surface area contributed by atoms with Gasteiger partial charge in [0, 0.05) is 43.0 Å². The zero-order chi connectivity index (χ0) is 21.6. The molecule has 1 unspecified atom stereocenters. The summed E-state index contributed by atoms with van der Waals surface area (Å²) in [5.41, 5.74) is 2.61. The highest BCUT2D eigenvalue weighted by Crippen LogP contribution is 2.43. The Labute approximate surface area is 183 Å². The van der Waals surface area contributed by atoms with Crippen LogP contribution in [-0.2, 0) is 4.79 Å². The van der Waals surface area contributed by atoms with Crippen molar-refractivity contribution in [1.82, 2.24) is 15.0 Å². The minimum absolute atomic E-state index is 0.187. The van der Waals surface area contributed by atoms with Gasteiger partial charge in [0.15, 0.2) is 0 Å². The Kier molecular flexibility index (Phi) is 5.24. The number of aromatic nitrogens is 2. The first kappa shape index (κ1) is 20.5. The van der Waals surface area contributed by atoms with Gasteiger partial charge < -0.3 is 19.4 Å². The van der Waals surface area contributed by atoms with Crippen LogP contribution in [0.3, 0.4) is 0 Å². The van der Waals surface area contributed by atoms with Gasteiger partial charge in [0.2, 0.25) is 5.91 Å². The Morgan fingerprint density at radius 2 is 1.94 bits per heavy atom. The molecular weight excluding hydrogens is 392 g/mol. The number of aryl methyl sites for hydroxylation is 2. The second-order valence-electron chi connectivity index (χ2n) is 9.62. The van der Waals surface area contributed by atoms with Crippen LogP contribution in [0, 0.1) is 19.3 Å². The van der Waals surface area contributed by atoms with Crippen molar-refractivity contribution in [3.8, 4) is 11.1 Å². The predicted octanol–water partition coefficient (Wildman–Crippen LogP) is 3.48. The third-order valence-corrected chi connectivity index (χ3v) is 7.62. The number of aliphatic hydroxyl groups excluding tert-OH is 1. The van der Waals surface area contributed by atoms with Crippen molar-refractivity contribution in [2.75, 3.05) is 24.5 Å². The molecular formula is C24H32N4O3. The molecule has 3 aliphatic rings. The fourth-order valence-electron chi connectivity index (χ4n) is 5.89. The van der Waals surface area contributed by atoms with Gasteiger partial charge in [-0.3, -0.25) is 4.79 Å². The van der Waals surface area contributed by atoms with Gasteiger partial charge in [-0.05, 0) is 70.9 Å². The number of piperidine rings is 1. The molecule has 1 spiro atoms. The fourth-order valence-corrected chi connectivity index (χ4v) is 5.89. The summed E-state index contributed by atoms with van der Waals surface area (Å²) in [7, 11) is 0. The molecule has 2 aliphatic heterocycles. The Morgan fingerprint density at radius 3 is 2.61 bits per heavy atom. The van der Waals surface area contributed by atoms with Crippen LogP contribution in [0.5, 0.6) is 0 Å². The molecule has 3 fully saturated rings. The molecule has 1 N–H and O–H groups in total. The van der Waals surface area contributed by atoms with Crippen LogP contribution in [0.25, 0.3) is 11.1 Å². The van der Waals surface area contributed by atoms with E-state index in [1.54, 1.807) is 0 Å². The quantitative estimate of drug-likeness (QED) is 0.812. The minimum Gasteiger partial charge on any atom is -0.393 e. The van der Waals surface area contributed by atoms with Crippen molar-refractivity contribution < 1.29 is 14.4 Å². The van der Waals surface area contributed by atoms with Gasteiger partial charge in [0.05, 0.1) is 17.2 Å². The average Bonchev–Trinajstić information content (AvgIpc) is 3.28. The maximum absolute atomic E-state index is 13.5. The molecule has 4 heterocycles. The Balaban J connectivity index is 1.31. The summed E-state index contributed by atoms with van der Waals surface area (Å²) in [5, 5.41) is 13.9. The second-order valence-corrected chi connectivity index (χ2v) is 9.62. The maximum atomic E-state index is 13.5. The van der Waals surface area contributed by atoms with E-state index in [0.29, 0.717) is 11.9 Å². The summed E-state index contributed by atoms with van der Waals surface area (Å²) in [6.07, 6.45) is 8.09. The second kappa shape index (κ2) is 7.93. The minimum atomic E-state index is -0.281. The van der Waals surface area contributed by atoms with E-state index in [-0.39, 0.29) is 11.5 Å². The van der Waals surface area contributed by atoms with Crippen LogP contribution in [-0.4, -0.2) is 57.8 Å². The van der Waals surface area contributed by atoms with E-state index in [0.717, 1.165) is 93.0 Å². The van der Waals surface area contributed by atoms with Crippen LogP contribution in [0.2, 0.25) is 0 Å². The van der Waals surface area contributed by atoms with Gasteiger partial charge in [-0.15, -0.1) is 0 Å². The molecule has 0 radical (unpaired) electrons. The van der Waals surface area contributed by atoms with Crippen molar-refractivity contribution in [2.24, 2.45) is 5.41 Å². The molecule has 7 nitrogen and oxygen atoms in total. The maximum Gasteiger partial charge on any atom is 0.230 e. The number of pyridine rings is 1. The molecule has 0 bridgehead atoms. The normalized spacial score (nSPS) is 29.2. The van der Waals surface area contributed by atoms with Gasteiger partial charge in [-0.25, -0.2) is 4.98 Å². The zero-order valence-electron chi connectivity index (χ0n) is 18.5. The highest BCUT2D eigenvalue weighted by molar-refractivity contribution is 5.86. The summed E-state index contributed by atoms with van der Waals surface area (Å²) in [6, 6.07) is 4.43. The number of nitrogens with zero attached hydrogens (tertiary/aromatic N) is 4. The first-order valence-corrected chi connectivity index (χ1v) is 11.6. The summed E-state index contributed by atoms with van der Waals surface area (Å²) >= 11 is 0. The number of carbonyl (C=O) groups excluding carboxylic acids is 1. The first-order valence-electron chi connectivity index (χ1n) is 11.6. The monoisotopic (exact) mass is 424 g/mol. The number of anilines is 1. The number of carbonyl (C=O) groups is 1. The third kappa shape index (κ3) is 3.63. The van der Waals surface area contributed by atoms with E-state index in [1.165, 1.54) is 0 Å². The Morgan fingerprint density at radius 1 is 1.13 bits per heavy atom. The molecule has 2 saturated heterocycles. The number of rotatable bonds is 3. The van der Waals surface area contributed by atoms with Crippen molar-refractivity contribution in [3.05, 3.63) is 29.8 Å². The highest BCUT2D eigenvalue weighted by Gasteiger charge is 2.50. The topological polar surface area (TPSA) is 82.7 Å². The lowest BCUT2D eigenvalue weighted by Gasteiger charge is -2.41. The Hall–Kier alpha value is -2.41. The van der Waals surface area contributed by atoms with E-state index in [2.05, 4.69) is 27.1 Å². The van der Waals surface area contributed by atoms with E-state index in [1.807, 2.05) is 20.0 Å². The van der Waals surface area contributed by atoms with Gasteiger partial charge in [0.1, 0.15) is 11.6 Å². The predicted molar refractivity (Wildman–Crippen MR) is 118 cm³/mol. The van der Waals surface area contributed by atoms with Crippen LogP contribution in [0.4, 0.5) is 5.82 Å². The molecule has 7 heteroatoms. The third-order valence-electron chi connectivity index (χ3n) is 7.62. The van der Waals surface area contributed by atoms with Crippen LogP contribution >= 0.6 is 0 Å². The number of hydrogen-bond acceptors (Lipinski definition) is 6. The summed E-state index contributed by atoms with van der Waals surface area (Å²) in [6.45, 7) is 6.39. The van der Waals surface area contributed by atoms with E-state index < -0.39 is 0 Å². The van der Waals surface area contributed by atoms with Crippen molar-refractivity contribution in [3.63, 3.8) is 0 Å². The standard InChI is InChI=1S/C24H32N4O3/c1-16-22(17(2)31-26-16)18-4-9-21(25-14-18)27-12-3-10-24(15-27)11-13-28(23(24)30)19-5-7-20(29)8-6-19/h4,9,14,19-20,29H,3,5-8,10-13,15H2,1-2H3. The molecule has 5 rings (SSSR count). The summed E-state index contributed by atoms with van der Waals surface area (Å²) < 4.78 is 5.29. The molecule has 0 aromatic carbocycles. The van der Waals surface area contributed by atoms with Crippen LogP contribution < -0.4 is 4.90 Å². The van der Waals surface area contributed by atoms with Gasteiger partial charge >= 0.3 is 0 Å². The molecule has 2 aromatic heterocycles. The van der Waals surface area contributed by atoms with Crippen LogP contribution in [0.1, 0.15) is 56.4 Å². The molecule has 1 saturated carbocycles.